The van der Waals surface area contributed by atoms with Gasteiger partial charge in [0.1, 0.15) is 0 Å². The number of fused-ring (bicyclic) bond motifs is 1. The highest BCUT2D eigenvalue weighted by atomic mass is 16.6. The Morgan fingerprint density at radius 3 is 2.57 bits per heavy atom. The number of aryl methyl sites for hydroxylation is 1. The van der Waals surface area contributed by atoms with Crippen LogP contribution in [-0.4, -0.2) is 5.91 Å². The van der Waals surface area contributed by atoms with Gasteiger partial charge < -0.3 is 0 Å². The number of hydroxylamine groups is 1. The van der Waals surface area contributed by atoms with Crippen LogP contribution >= 0.6 is 0 Å². The van der Waals surface area contributed by atoms with Crippen molar-refractivity contribution in [1.82, 2.24) is 5.48 Å². The smallest absolute Gasteiger partial charge is 0.246 e. The van der Waals surface area contributed by atoms with E-state index in [1.165, 1.54) is 11.1 Å². The van der Waals surface area contributed by atoms with Crippen molar-refractivity contribution < 1.29 is 9.63 Å². The van der Waals surface area contributed by atoms with Crippen molar-refractivity contribution in [1.29, 1.82) is 0 Å². The first-order valence-corrected chi connectivity index (χ1v) is 7.35. The van der Waals surface area contributed by atoms with Crippen molar-refractivity contribution in [2.45, 2.75) is 25.9 Å². The van der Waals surface area contributed by atoms with E-state index >= 15 is 0 Å². The van der Waals surface area contributed by atoms with E-state index in [0.717, 1.165) is 24.8 Å². The zero-order chi connectivity index (χ0) is 14.5. The lowest BCUT2D eigenvalue weighted by molar-refractivity contribution is -0.139. The molecule has 0 spiro atoms. The standard InChI is InChI=1S/C18H19NO2/c20-18(19-21-13-14-6-2-1-3-7-14)17-11-10-15-8-4-5-9-16(15)12-17/h1-9,17H,10-13H2,(H,19,20). The van der Waals surface area contributed by atoms with Gasteiger partial charge in [-0.2, -0.15) is 0 Å². The molecule has 0 saturated heterocycles. The molecule has 21 heavy (non-hydrogen) atoms. The maximum absolute atomic E-state index is 12.2. The van der Waals surface area contributed by atoms with E-state index in [-0.39, 0.29) is 11.8 Å². The third-order valence-electron chi connectivity index (χ3n) is 3.97. The van der Waals surface area contributed by atoms with Gasteiger partial charge in [-0.3, -0.25) is 9.63 Å². The molecule has 0 fully saturated rings. The van der Waals surface area contributed by atoms with E-state index in [1.807, 2.05) is 36.4 Å². The molecule has 1 amide bonds. The Balaban J connectivity index is 1.50. The zero-order valence-corrected chi connectivity index (χ0v) is 11.9. The van der Waals surface area contributed by atoms with Crippen LogP contribution in [0.2, 0.25) is 0 Å². The minimum Gasteiger partial charge on any atom is -0.272 e. The van der Waals surface area contributed by atoms with E-state index in [1.54, 1.807) is 0 Å². The van der Waals surface area contributed by atoms with Crippen LogP contribution in [0.4, 0.5) is 0 Å². The first-order valence-electron chi connectivity index (χ1n) is 7.35. The molecule has 3 rings (SSSR count). The van der Waals surface area contributed by atoms with Crippen molar-refractivity contribution in [3.63, 3.8) is 0 Å². The molecular weight excluding hydrogens is 262 g/mol. The average molecular weight is 281 g/mol. The van der Waals surface area contributed by atoms with Gasteiger partial charge >= 0.3 is 0 Å². The number of hydrogen-bond acceptors (Lipinski definition) is 2. The molecule has 2 aromatic carbocycles. The minimum absolute atomic E-state index is 0.00988. The van der Waals surface area contributed by atoms with Crippen molar-refractivity contribution in [2.75, 3.05) is 0 Å². The fourth-order valence-electron chi connectivity index (χ4n) is 2.77. The lowest BCUT2D eigenvalue weighted by atomic mass is 9.83. The summed E-state index contributed by atoms with van der Waals surface area (Å²) in [4.78, 5) is 17.5. The summed E-state index contributed by atoms with van der Waals surface area (Å²) in [5, 5.41) is 0. The van der Waals surface area contributed by atoms with Crippen LogP contribution in [0, 0.1) is 5.92 Å². The largest absolute Gasteiger partial charge is 0.272 e. The fourth-order valence-corrected chi connectivity index (χ4v) is 2.77. The monoisotopic (exact) mass is 281 g/mol. The normalized spacial score (nSPS) is 17.0. The Hall–Kier alpha value is -2.13. The third kappa shape index (κ3) is 3.50. The zero-order valence-electron chi connectivity index (χ0n) is 11.9. The number of benzene rings is 2. The first-order chi connectivity index (χ1) is 10.3. The van der Waals surface area contributed by atoms with E-state index in [4.69, 9.17) is 4.84 Å². The van der Waals surface area contributed by atoms with E-state index in [9.17, 15) is 4.79 Å². The van der Waals surface area contributed by atoms with Crippen molar-refractivity contribution >= 4 is 5.91 Å². The quantitative estimate of drug-likeness (QED) is 0.875. The Morgan fingerprint density at radius 1 is 1.05 bits per heavy atom. The number of amides is 1. The highest BCUT2D eigenvalue weighted by Gasteiger charge is 2.24. The SMILES string of the molecule is O=C(NOCc1ccccc1)C1CCc2ccccc2C1. The van der Waals surface area contributed by atoms with Crippen LogP contribution in [0.3, 0.4) is 0 Å². The predicted molar refractivity (Wildman–Crippen MR) is 81.3 cm³/mol. The Labute approximate surface area is 124 Å². The summed E-state index contributed by atoms with van der Waals surface area (Å²) in [6.45, 7) is 0.399. The summed E-state index contributed by atoms with van der Waals surface area (Å²) < 4.78 is 0. The van der Waals surface area contributed by atoms with Gasteiger partial charge in [0.15, 0.2) is 0 Å². The van der Waals surface area contributed by atoms with Gasteiger partial charge in [0, 0.05) is 5.92 Å². The molecule has 1 aliphatic rings. The molecule has 3 nitrogen and oxygen atoms in total. The highest BCUT2D eigenvalue weighted by molar-refractivity contribution is 5.78. The molecule has 1 unspecified atom stereocenters. The molecule has 0 heterocycles. The predicted octanol–water partition coefficient (Wildman–Crippen LogP) is 3.04. The fraction of sp³-hybridized carbons (Fsp3) is 0.278. The van der Waals surface area contributed by atoms with Gasteiger partial charge in [-0.25, -0.2) is 5.48 Å². The highest BCUT2D eigenvalue weighted by Crippen LogP contribution is 2.25. The summed E-state index contributed by atoms with van der Waals surface area (Å²) in [5.41, 5.74) is 6.29. The molecule has 1 N–H and O–H groups in total. The summed E-state index contributed by atoms with van der Waals surface area (Å²) in [6.07, 6.45) is 2.65. The third-order valence-corrected chi connectivity index (χ3v) is 3.97. The molecule has 3 heteroatoms. The molecular formula is C18H19NO2. The number of hydrogen-bond donors (Lipinski definition) is 1. The second-order valence-corrected chi connectivity index (χ2v) is 5.45. The van der Waals surface area contributed by atoms with Gasteiger partial charge in [-0.1, -0.05) is 54.6 Å². The molecule has 0 aromatic heterocycles. The molecule has 0 saturated carbocycles. The van der Waals surface area contributed by atoms with E-state index in [0.29, 0.717) is 6.61 Å². The first kappa shape index (κ1) is 13.8. The number of rotatable bonds is 4. The van der Waals surface area contributed by atoms with Crippen molar-refractivity contribution in [2.24, 2.45) is 5.92 Å². The Bertz CT molecular complexity index is 610. The van der Waals surface area contributed by atoms with Gasteiger partial charge in [0.25, 0.3) is 0 Å². The average Bonchev–Trinajstić information content (AvgIpc) is 2.55. The molecule has 0 bridgehead atoms. The molecule has 1 aliphatic carbocycles. The summed E-state index contributed by atoms with van der Waals surface area (Å²) >= 11 is 0. The molecule has 0 aliphatic heterocycles. The van der Waals surface area contributed by atoms with Gasteiger partial charge in [0.05, 0.1) is 6.61 Å². The lowest BCUT2D eigenvalue weighted by Gasteiger charge is -2.23. The van der Waals surface area contributed by atoms with Crippen LogP contribution in [-0.2, 0) is 29.1 Å². The number of carbonyl (C=O) groups is 1. The van der Waals surface area contributed by atoms with Gasteiger partial charge in [0.2, 0.25) is 5.91 Å². The maximum atomic E-state index is 12.2. The second kappa shape index (κ2) is 6.55. The summed E-state index contributed by atoms with van der Waals surface area (Å²) in [7, 11) is 0. The maximum Gasteiger partial charge on any atom is 0.246 e. The van der Waals surface area contributed by atoms with Crippen molar-refractivity contribution in [3.8, 4) is 0 Å². The van der Waals surface area contributed by atoms with E-state index in [2.05, 4.69) is 23.7 Å². The van der Waals surface area contributed by atoms with Crippen LogP contribution in [0.25, 0.3) is 0 Å². The topological polar surface area (TPSA) is 38.3 Å². The molecule has 0 radical (unpaired) electrons. The molecule has 108 valence electrons. The Morgan fingerprint density at radius 2 is 1.76 bits per heavy atom. The van der Waals surface area contributed by atoms with Crippen molar-refractivity contribution in [3.05, 3.63) is 71.3 Å². The number of nitrogens with one attached hydrogen (secondary N) is 1. The van der Waals surface area contributed by atoms with Crippen LogP contribution in [0.5, 0.6) is 0 Å². The van der Waals surface area contributed by atoms with Gasteiger partial charge in [-0.15, -0.1) is 0 Å². The van der Waals surface area contributed by atoms with E-state index < -0.39 is 0 Å². The number of carbonyl (C=O) groups excluding carboxylic acids is 1. The summed E-state index contributed by atoms with van der Waals surface area (Å²) in [5.74, 6) is -0.00360. The summed E-state index contributed by atoms with van der Waals surface area (Å²) in [6, 6.07) is 18.2. The lowest BCUT2D eigenvalue weighted by Crippen LogP contribution is -2.34. The van der Waals surface area contributed by atoms with Crippen LogP contribution in [0.1, 0.15) is 23.1 Å². The van der Waals surface area contributed by atoms with Gasteiger partial charge in [-0.05, 0) is 36.0 Å². The molecule has 2 aromatic rings. The second-order valence-electron chi connectivity index (χ2n) is 5.45. The van der Waals surface area contributed by atoms with Crippen LogP contribution < -0.4 is 5.48 Å². The van der Waals surface area contributed by atoms with Crippen LogP contribution in [0.15, 0.2) is 54.6 Å². The molecule has 1 atom stereocenters. The minimum atomic E-state index is -0.0135. The Kier molecular flexibility index (Phi) is 4.31.